The van der Waals surface area contributed by atoms with Crippen molar-refractivity contribution in [3.63, 3.8) is 0 Å². The van der Waals surface area contributed by atoms with Gasteiger partial charge in [0, 0.05) is 12.0 Å². The Morgan fingerprint density at radius 3 is 2.10 bits per heavy atom. The molecule has 1 aromatic carbocycles. The fourth-order valence-electron chi connectivity index (χ4n) is 5.66. The first kappa shape index (κ1) is 24.3. The first-order chi connectivity index (χ1) is 14.7. The second kappa shape index (κ2) is 10.5. The van der Waals surface area contributed by atoms with Crippen molar-refractivity contribution >= 4 is 0 Å². The Morgan fingerprint density at radius 1 is 0.968 bits per heavy atom. The molecule has 0 bridgehead atoms. The van der Waals surface area contributed by atoms with Crippen molar-refractivity contribution in [3.8, 4) is 5.75 Å². The van der Waals surface area contributed by atoms with E-state index in [0.717, 1.165) is 58.3 Å². The van der Waals surface area contributed by atoms with Gasteiger partial charge in [-0.05, 0) is 101 Å². The van der Waals surface area contributed by atoms with E-state index in [1.54, 1.807) is 0 Å². The maximum Gasteiger partial charge on any atom is 0.245 e. The van der Waals surface area contributed by atoms with Gasteiger partial charge in [0.2, 0.25) is 11.7 Å². The molecule has 0 aliphatic heterocycles. The summed E-state index contributed by atoms with van der Waals surface area (Å²) < 4.78 is 60.6. The fourth-order valence-corrected chi connectivity index (χ4v) is 5.66. The standard InChI is InChI=1S/C25H36F4O2/c1-3-14-31-21-13-12-20(22(26)23(21)27)24(30)19-10-8-18(9-11-19)17-6-4-16(5-7-17)15-25(2,28)29/h12-13,16-19,24,30H,3-11,14-15H2,1-2H3. The van der Waals surface area contributed by atoms with Crippen LogP contribution in [0.1, 0.15) is 89.7 Å². The lowest BCUT2D eigenvalue weighted by Gasteiger charge is -2.39. The minimum atomic E-state index is -2.58. The molecule has 1 atom stereocenters. The van der Waals surface area contributed by atoms with Crippen LogP contribution in [0.4, 0.5) is 17.6 Å². The van der Waals surface area contributed by atoms with Crippen LogP contribution in [-0.2, 0) is 0 Å². The minimum Gasteiger partial charge on any atom is -0.490 e. The van der Waals surface area contributed by atoms with Gasteiger partial charge in [0.1, 0.15) is 0 Å². The maximum absolute atomic E-state index is 14.5. The lowest BCUT2D eigenvalue weighted by Crippen LogP contribution is -2.29. The van der Waals surface area contributed by atoms with Crippen molar-refractivity contribution in [1.82, 2.24) is 0 Å². The summed E-state index contributed by atoms with van der Waals surface area (Å²) >= 11 is 0. The van der Waals surface area contributed by atoms with Crippen LogP contribution in [-0.4, -0.2) is 17.6 Å². The number of alkyl halides is 2. The molecular weight excluding hydrogens is 408 g/mol. The van der Waals surface area contributed by atoms with Crippen LogP contribution >= 0.6 is 0 Å². The zero-order valence-electron chi connectivity index (χ0n) is 18.7. The Labute approximate surface area is 183 Å². The predicted octanol–water partition coefficient (Wildman–Crippen LogP) is 7.45. The number of hydrogen-bond acceptors (Lipinski definition) is 2. The van der Waals surface area contributed by atoms with Gasteiger partial charge in [-0.2, -0.15) is 4.39 Å². The van der Waals surface area contributed by atoms with Crippen molar-refractivity contribution in [2.24, 2.45) is 23.7 Å². The van der Waals surface area contributed by atoms with E-state index in [0.29, 0.717) is 24.9 Å². The van der Waals surface area contributed by atoms with Gasteiger partial charge in [0.15, 0.2) is 11.6 Å². The van der Waals surface area contributed by atoms with Crippen LogP contribution in [0, 0.1) is 35.3 Å². The van der Waals surface area contributed by atoms with Crippen LogP contribution < -0.4 is 4.74 Å². The zero-order valence-corrected chi connectivity index (χ0v) is 18.7. The molecule has 2 saturated carbocycles. The van der Waals surface area contributed by atoms with Crippen molar-refractivity contribution in [1.29, 1.82) is 0 Å². The van der Waals surface area contributed by atoms with Crippen LogP contribution in [0.2, 0.25) is 0 Å². The Bertz CT molecular complexity index is 702. The Balaban J connectivity index is 1.51. The summed E-state index contributed by atoms with van der Waals surface area (Å²) in [5.41, 5.74) is 0.00537. The third-order valence-electron chi connectivity index (χ3n) is 7.33. The van der Waals surface area contributed by atoms with Gasteiger partial charge < -0.3 is 9.84 Å². The average Bonchev–Trinajstić information content (AvgIpc) is 2.74. The molecule has 2 fully saturated rings. The van der Waals surface area contributed by atoms with Crippen LogP contribution in [0.5, 0.6) is 5.75 Å². The minimum absolute atomic E-state index is 0.00537. The molecule has 1 N–H and O–H groups in total. The molecule has 0 saturated heterocycles. The summed E-state index contributed by atoms with van der Waals surface area (Å²) in [6, 6.07) is 2.83. The summed E-state index contributed by atoms with van der Waals surface area (Å²) in [6.07, 6.45) is 6.83. The van der Waals surface area contributed by atoms with E-state index >= 15 is 0 Å². The van der Waals surface area contributed by atoms with Crippen LogP contribution in [0.3, 0.4) is 0 Å². The van der Waals surface area contributed by atoms with E-state index < -0.39 is 23.7 Å². The van der Waals surface area contributed by atoms with Crippen molar-refractivity contribution in [2.75, 3.05) is 6.61 Å². The number of rotatable bonds is 8. The smallest absolute Gasteiger partial charge is 0.245 e. The summed E-state index contributed by atoms with van der Waals surface area (Å²) in [4.78, 5) is 0. The van der Waals surface area contributed by atoms with Crippen molar-refractivity contribution in [3.05, 3.63) is 29.3 Å². The van der Waals surface area contributed by atoms with E-state index in [9.17, 15) is 22.7 Å². The monoisotopic (exact) mass is 444 g/mol. The second-order valence-electron chi connectivity index (χ2n) is 9.80. The molecule has 3 rings (SSSR count). The van der Waals surface area contributed by atoms with Gasteiger partial charge in [0.25, 0.3) is 0 Å². The van der Waals surface area contributed by atoms with Crippen molar-refractivity contribution in [2.45, 2.75) is 90.1 Å². The summed E-state index contributed by atoms with van der Waals surface area (Å²) in [5, 5.41) is 10.7. The Kier molecular flexibility index (Phi) is 8.28. The highest BCUT2D eigenvalue weighted by Crippen LogP contribution is 2.46. The lowest BCUT2D eigenvalue weighted by atomic mass is 9.67. The zero-order chi connectivity index (χ0) is 22.6. The van der Waals surface area contributed by atoms with Gasteiger partial charge in [-0.25, -0.2) is 13.2 Å². The summed E-state index contributed by atoms with van der Waals surface area (Å²) in [7, 11) is 0. The third kappa shape index (κ3) is 6.36. The van der Waals surface area contributed by atoms with Crippen LogP contribution in [0.15, 0.2) is 12.1 Å². The molecule has 6 heteroatoms. The molecule has 2 aliphatic carbocycles. The molecule has 1 unspecified atom stereocenters. The maximum atomic E-state index is 14.5. The lowest BCUT2D eigenvalue weighted by molar-refractivity contribution is -0.0139. The highest BCUT2D eigenvalue weighted by Gasteiger charge is 2.36. The molecule has 1 aromatic rings. The normalized spacial score (nSPS) is 28.4. The molecule has 31 heavy (non-hydrogen) atoms. The molecule has 0 amide bonds. The van der Waals surface area contributed by atoms with Gasteiger partial charge in [0.05, 0.1) is 12.7 Å². The van der Waals surface area contributed by atoms with E-state index in [1.807, 2.05) is 6.92 Å². The number of aliphatic hydroxyl groups is 1. The molecule has 176 valence electrons. The highest BCUT2D eigenvalue weighted by atomic mass is 19.3. The number of hydrogen-bond donors (Lipinski definition) is 1. The first-order valence-electron chi connectivity index (χ1n) is 11.9. The van der Waals surface area contributed by atoms with Gasteiger partial charge >= 0.3 is 0 Å². The second-order valence-corrected chi connectivity index (χ2v) is 9.80. The summed E-state index contributed by atoms with van der Waals surface area (Å²) in [5.74, 6) is -3.63. The quantitative estimate of drug-likeness (QED) is 0.422. The summed E-state index contributed by atoms with van der Waals surface area (Å²) in [6.45, 7) is 3.20. The van der Waals surface area contributed by atoms with Gasteiger partial charge in [-0.3, -0.25) is 0 Å². The SMILES string of the molecule is CCCOc1ccc(C(O)C2CCC(C3CCC(CC(C)(F)F)CC3)CC2)c(F)c1F. The topological polar surface area (TPSA) is 29.5 Å². The molecule has 0 spiro atoms. The van der Waals surface area contributed by atoms with Gasteiger partial charge in [-0.1, -0.05) is 6.92 Å². The number of ether oxygens (including phenoxy) is 1. The molecular formula is C25H36F4O2. The number of benzene rings is 1. The van der Waals surface area contributed by atoms with Crippen molar-refractivity contribution < 1.29 is 27.4 Å². The predicted molar refractivity (Wildman–Crippen MR) is 113 cm³/mol. The van der Waals surface area contributed by atoms with Crippen LogP contribution in [0.25, 0.3) is 0 Å². The van der Waals surface area contributed by atoms with E-state index in [1.165, 1.54) is 12.1 Å². The molecule has 0 heterocycles. The first-order valence-corrected chi connectivity index (χ1v) is 11.9. The average molecular weight is 445 g/mol. The molecule has 2 nitrogen and oxygen atoms in total. The Morgan fingerprint density at radius 2 is 1.55 bits per heavy atom. The third-order valence-corrected chi connectivity index (χ3v) is 7.33. The van der Waals surface area contributed by atoms with E-state index in [4.69, 9.17) is 4.74 Å². The van der Waals surface area contributed by atoms with E-state index in [-0.39, 0.29) is 29.6 Å². The highest BCUT2D eigenvalue weighted by molar-refractivity contribution is 5.32. The largest absolute Gasteiger partial charge is 0.490 e. The molecule has 2 aliphatic rings. The number of halogens is 4. The fraction of sp³-hybridized carbons (Fsp3) is 0.760. The van der Waals surface area contributed by atoms with Gasteiger partial charge in [-0.15, -0.1) is 0 Å². The Hall–Kier alpha value is -1.30. The molecule has 0 radical (unpaired) electrons. The number of aliphatic hydroxyl groups excluding tert-OH is 1. The van der Waals surface area contributed by atoms with E-state index in [2.05, 4.69) is 0 Å². The molecule has 0 aromatic heterocycles.